The Morgan fingerprint density at radius 2 is 1.59 bits per heavy atom. The van der Waals surface area contributed by atoms with Gasteiger partial charge in [0, 0.05) is 18.7 Å². The first kappa shape index (κ1) is 34.7. The molecule has 10 nitrogen and oxygen atoms in total. The number of anilines is 1. The number of ether oxygens (including phenoxy) is 1. The lowest BCUT2D eigenvalue weighted by atomic mass is 9.87. The predicted molar refractivity (Wildman–Crippen MR) is 165 cm³/mol. The number of carbonyl (C=O) groups is 2. The highest BCUT2D eigenvalue weighted by atomic mass is 35.5. The van der Waals surface area contributed by atoms with Gasteiger partial charge in [0.1, 0.15) is 23.1 Å². The van der Waals surface area contributed by atoms with Gasteiger partial charge in [-0.1, -0.05) is 25.5 Å². The first-order chi connectivity index (χ1) is 20.4. The van der Waals surface area contributed by atoms with Crippen molar-refractivity contribution in [3.8, 4) is 11.5 Å². The van der Waals surface area contributed by atoms with Crippen LogP contribution in [0.15, 0.2) is 65.6 Å². The molecule has 0 aromatic heterocycles. The van der Waals surface area contributed by atoms with Crippen LogP contribution in [0.25, 0.3) is 0 Å². The second kappa shape index (κ2) is 15.3. The van der Waals surface area contributed by atoms with Crippen molar-refractivity contribution in [1.82, 2.24) is 10.2 Å². The molecule has 3 aromatic rings. The van der Waals surface area contributed by atoms with Gasteiger partial charge in [0.2, 0.25) is 10.0 Å². The van der Waals surface area contributed by atoms with Crippen LogP contribution >= 0.6 is 12.4 Å². The molecule has 0 spiro atoms. The van der Waals surface area contributed by atoms with Gasteiger partial charge in [0.05, 0.1) is 16.1 Å². The Balaban J connectivity index is 0.00000529. The molecule has 1 atom stereocenters. The second-order valence-corrected chi connectivity index (χ2v) is 12.1. The van der Waals surface area contributed by atoms with E-state index in [1.165, 1.54) is 12.1 Å². The van der Waals surface area contributed by atoms with Crippen molar-refractivity contribution in [2.24, 2.45) is 16.8 Å². The van der Waals surface area contributed by atoms with Crippen LogP contribution in [-0.4, -0.2) is 44.4 Å². The number of carbonyl (C=O) groups excluding carboxylic acids is 2. The van der Waals surface area contributed by atoms with Crippen LogP contribution in [0, 0.1) is 17.6 Å². The Morgan fingerprint density at radius 1 is 1.00 bits per heavy atom. The van der Waals surface area contributed by atoms with Crippen molar-refractivity contribution >= 4 is 40.1 Å². The number of nitrogens with two attached hydrogens (primary N) is 2. The lowest BCUT2D eigenvalue weighted by Gasteiger charge is -2.36. The Kier molecular flexibility index (Phi) is 12.1. The topological polar surface area (TPSA) is 157 Å². The molecule has 44 heavy (non-hydrogen) atoms. The maximum Gasteiger partial charge on any atom is 0.319 e. The summed E-state index contributed by atoms with van der Waals surface area (Å²) < 4.78 is 56.6. The zero-order valence-corrected chi connectivity index (χ0v) is 25.7. The van der Waals surface area contributed by atoms with Crippen LogP contribution < -0.4 is 26.2 Å². The predicted octanol–water partition coefficient (Wildman–Crippen LogP) is 5.13. The highest BCUT2D eigenvalue weighted by Gasteiger charge is 2.28. The third-order valence-corrected chi connectivity index (χ3v) is 8.33. The fraction of sp³-hybridized carbons (Fsp3) is 0.333. The van der Waals surface area contributed by atoms with Gasteiger partial charge in [0.15, 0.2) is 0 Å². The summed E-state index contributed by atoms with van der Waals surface area (Å²) in [5.74, 6) is -1.83. The van der Waals surface area contributed by atoms with Crippen LogP contribution in [0.5, 0.6) is 11.5 Å². The molecule has 1 aliphatic rings. The average molecular weight is 652 g/mol. The normalized spacial score (nSPS) is 14.7. The number of benzene rings is 3. The van der Waals surface area contributed by atoms with Gasteiger partial charge < -0.3 is 21.1 Å². The van der Waals surface area contributed by atoms with Gasteiger partial charge in [-0.3, -0.25) is 9.69 Å². The molecule has 1 heterocycles. The molecule has 1 fully saturated rings. The highest BCUT2D eigenvalue weighted by molar-refractivity contribution is 7.89. The number of halogens is 3. The summed E-state index contributed by atoms with van der Waals surface area (Å²) in [7, 11) is -3.76. The van der Waals surface area contributed by atoms with Crippen molar-refractivity contribution in [1.29, 1.82) is 0 Å². The first-order valence-electron chi connectivity index (χ1n) is 13.9. The lowest BCUT2D eigenvalue weighted by molar-refractivity contribution is 0.0996. The van der Waals surface area contributed by atoms with Gasteiger partial charge >= 0.3 is 6.03 Å². The smallest absolute Gasteiger partial charge is 0.319 e. The number of amides is 3. The monoisotopic (exact) mass is 651 g/mol. The zero-order chi connectivity index (χ0) is 31.1. The number of nitrogens with zero attached hydrogens (tertiary/aromatic N) is 1. The van der Waals surface area contributed by atoms with Gasteiger partial charge in [-0.25, -0.2) is 27.1 Å². The van der Waals surface area contributed by atoms with Crippen LogP contribution in [-0.2, 0) is 16.6 Å². The molecule has 0 bridgehead atoms. The summed E-state index contributed by atoms with van der Waals surface area (Å²) in [6, 6.07) is 14.2. The second-order valence-electron chi connectivity index (χ2n) is 10.5. The van der Waals surface area contributed by atoms with E-state index in [2.05, 4.69) is 15.5 Å². The van der Waals surface area contributed by atoms with E-state index < -0.39 is 39.2 Å². The molecule has 3 amide bonds. The Labute approximate surface area is 261 Å². The number of sulfonamides is 1. The van der Waals surface area contributed by atoms with Crippen LogP contribution in [0.2, 0.25) is 0 Å². The summed E-state index contributed by atoms with van der Waals surface area (Å²) in [4.78, 5) is 26.5. The van der Waals surface area contributed by atoms with Gasteiger partial charge in [-0.15, -0.1) is 12.4 Å². The van der Waals surface area contributed by atoms with E-state index in [0.29, 0.717) is 17.6 Å². The molecule has 0 radical (unpaired) electrons. The molecule has 6 N–H and O–H groups in total. The number of urea groups is 1. The van der Waals surface area contributed by atoms with Gasteiger partial charge in [-0.2, -0.15) is 0 Å². The fourth-order valence-electron chi connectivity index (χ4n) is 5.17. The summed E-state index contributed by atoms with van der Waals surface area (Å²) in [6.45, 7) is 4.43. The Morgan fingerprint density at radius 3 is 2.14 bits per heavy atom. The molecular formula is C30H36ClF2N5O5S. The number of hydrogen-bond donors (Lipinski definition) is 4. The molecule has 3 aromatic carbocycles. The van der Waals surface area contributed by atoms with E-state index in [9.17, 15) is 26.8 Å². The van der Waals surface area contributed by atoms with E-state index in [1.54, 1.807) is 12.1 Å². The lowest BCUT2D eigenvalue weighted by Crippen LogP contribution is -2.46. The van der Waals surface area contributed by atoms with Crippen molar-refractivity contribution in [2.75, 3.05) is 18.4 Å². The van der Waals surface area contributed by atoms with E-state index >= 15 is 0 Å². The van der Waals surface area contributed by atoms with E-state index in [1.807, 2.05) is 31.2 Å². The number of piperidine rings is 1. The molecule has 1 aliphatic heterocycles. The molecule has 4 rings (SSSR count). The fourth-order valence-corrected chi connectivity index (χ4v) is 5.68. The maximum atomic E-state index is 14.2. The number of hydrogen-bond acceptors (Lipinski definition) is 6. The molecule has 0 aliphatic carbocycles. The average Bonchev–Trinajstić information content (AvgIpc) is 2.95. The van der Waals surface area contributed by atoms with Gasteiger partial charge in [0.25, 0.3) is 5.91 Å². The van der Waals surface area contributed by atoms with Crippen molar-refractivity contribution < 1.29 is 31.5 Å². The van der Waals surface area contributed by atoms with Crippen LogP contribution in [0.3, 0.4) is 0 Å². The first-order valence-corrected chi connectivity index (χ1v) is 15.5. The van der Waals surface area contributed by atoms with Crippen LogP contribution in [0.4, 0.5) is 19.3 Å². The van der Waals surface area contributed by atoms with E-state index in [4.69, 9.17) is 15.6 Å². The molecule has 1 unspecified atom stereocenters. The van der Waals surface area contributed by atoms with Crippen molar-refractivity contribution in [2.45, 2.75) is 50.1 Å². The van der Waals surface area contributed by atoms with Crippen molar-refractivity contribution in [3.05, 3.63) is 83.4 Å². The number of rotatable bonds is 11. The minimum Gasteiger partial charge on any atom is -0.457 e. The standard InChI is InChI=1S/C30H35F2N5O5S.ClH/c1-2-3-27(35-30(39)36-28-16-24(29(33)38)25(31)17-26(28)32)20-12-14-37(15-13-20)18-19-4-6-21(7-5-19)42-22-8-10-23(11-9-22)43(34,40)41;/h4-11,16-17,20,27H,2-3,12-15,18H2,1H3,(H2,33,38)(H2,34,40,41)(H2,35,36,39);1H. The van der Waals surface area contributed by atoms with Gasteiger partial charge in [-0.05, 0) is 86.3 Å². The number of primary amides is 1. The van der Waals surface area contributed by atoms with Crippen LogP contribution in [0.1, 0.15) is 48.5 Å². The zero-order valence-electron chi connectivity index (χ0n) is 24.1. The number of likely N-dealkylation sites (tertiary alicyclic amines) is 1. The van der Waals surface area contributed by atoms with E-state index in [0.717, 1.165) is 56.9 Å². The third kappa shape index (κ3) is 9.36. The SMILES string of the molecule is CCCC(NC(=O)Nc1cc(C(N)=O)c(F)cc1F)C1CCN(Cc2ccc(Oc3ccc(S(N)(=O)=O)cc3)cc2)CC1.Cl. The summed E-state index contributed by atoms with van der Waals surface area (Å²) >= 11 is 0. The summed E-state index contributed by atoms with van der Waals surface area (Å²) in [6.07, 6.45) is 3.30. The highest BCUT2D eigenvalue weighted by Crippen LogP contribution is 2.27. The molecular weight excluding hydrogens is 616 g/mol. The number of primary sulfonamides is 1. The quantitative estimate of drug-likeness (QED) is 0.225. The minimum absolute atomic E-state index is 0. The summed E-state index contributed by atoms with van der Waals surface area (Å²) in [5, 5.41) is 10.4. The summed E-state index contributed by atoms with van der Waals surface area (Å²) in [5.41, 5.74) is 5.41. The largest absolute Gasteiger partial charge is 0.457 e. The maximum absolute atomic E-state index is 14.2. The Hall–Kier alpha value is -3.78. The Bertz CT molecular complexity index is 1550. The third-order valence-electron chi connectivity index (χ3n) is 7.41. The van der Waals surface area contributed by atoms with Crippen molar-refractivity contribution in [3.63, 3.8) is 0 Å². The molecule has 14 heteroatoms. The number of nitrogens with one attached hydrogen (secondary N) is 2. The molecule has 0 saturated carbocycles. The molecule has 1 saturated heterocycles. The minimum atomic E-state index is -3.76. The molecule has 238 valence electrons. The van der Waals surface area contributed by atoms with E-state index in [-0.39, 0.29) is 34.9 Å².